The van der Waals surface area contributed by atoms with Crippen LogP contribution in [0, 0.1) is 0 Å². The van der Waals surface area contributed by atoms with E-state index >= 15 is 3.78 Å². The fraction of sp³-hybridized carbons (Fsp3) is 0.158. The maximum absolute atomic E-state index is 16.5. The van der Waals surface area contributed by atoms with Gasteiger partial charge in [-0.2, -0.15) is 0 Å². The molecule has 0 atom stereocenters. The summed E-state index contributed by atoms with van der Waals surface area (Å²) >= 11 is -10.5. The van der Waals surface area contributed by atoms with Gasteiger partial charge in [0.15, 0.2) is 0 Å². The number of hydrogen-bond donors (Lipinski definition) is 0. The Hall–Kier alpha value is -8.09. The molecule has 0 saturated carbocycles. The fourth-order valence-electron chi connectivity index (χ4n) is 12.0. The van der Waals surface area contributed by atoms with Gasteiger partial charge < -0.3 is 0 Å². The summed E-state index contributed by atoms with van der Waals surface area (Å²) in [6, 6.07) is 95.4. The van der Waals surface area contributed by atoms with Crippen molar-refractivity contribution in [2.24, 2.45) is 0 Å². The molecule has 0 aliphatic carbocycles. The van der Waals surface area contributed by atoms with Crippen LogP contribution in [-0.2, 0) is 12.3 Å². The van der Waals surface area contributed by atoms with Gasteiger partial charge in [-0.15, -0.1) is 0 Å². The molecule has 0 fully saturated rings. The van der Waals surface area contributed by atoms with Crippen LogP contribution in [0.3, 0.4) is 0 Å². The van der Waals surface area contributed by atoms with Crippen LogP contribution in [-0.4, -0.2) is 73.5 Å². The first-order chi connectivity index (χ1) is 42.0. The molecule has 0 aliphatic heterocycles. The monoisotopic (exact) mass is 1320 g/mol. The van der Waals surface area contributed by atoms with Crippen LogP contribution in [0.1, 0.15) is 103 Å². The van der Waals surface area contributed by atoms with Gasteiger partial charge in [0, 0.05) is 0 Å². The van der Waals surface area contributed by atoms with Crippen molar-refractivity contribution in [1.82, 2.24) is 0 Å². The minimum absolute atomic E-state index is 0.0356. The Kier molecular flexibility index (Phi) is 22.5. The summed E-state index contributed by atoms with van der Waals surface area (Å²) in [6.45, 7) is 7.91. The summed E-state index contributed by atoms with van der Waals surface area (Å²) < 4.78 is 25.4. The van der Waals surface area contributed by atoms with Crippen LogP contribution in [0.4, 0.5) is 0 Å². The Morgan fingerprint density at radius 2 is 0.465 bits per heavy atom. The topological polar surface area (TPSA) is 104 Å². The molecule has 0 bridgehead atoms. The molecule has 7 nitrogen and oxygen atoms in total. The van der Waals surface area contributed by atoms with Crippen LogP contribution in [0.5, 0.6) is 11.5 Å². The van der Waals surface area contributed by atoms with Crippen LogP contribution in [0.25, 0.3) is 0 Å². The summed E-state index contributed by atoms with van der Waals surface area (Å²) in [5, 5.41) is 2.65. The van der Waals surface area contributed by atoms with Crippen molar-refractivity contribution < 1.29 is 32.4 Å². The van der Waals surface area contributed by atoms with Gasteiger partial charge in [-0.3, -0.25) is 0 Å². The van der Waals surface area contributed by atoms with E-state index < -0.39 is 49.3 Å². The zero-order valence-corrected chi connectivity index (χ0v) is 56.2. The second kappa shape index (κ2) is 30.3. The second-order valence-corrected chi connectivity index (χ2v) is 44.5. The molecule has 10 heteroatoms. The van der Waals surface area contributed by atoms with E-state index in [4.69, 9.17) is 9.47 Å². The molecule has 0 spiro atoms. The Balaban J connectivity index is 0.000000180. The summed E-state index contributed by atoms with van der Waals surface area (Å²) in [7, 11) is 3.18. The molecular weight excluding hydrogens is 1240 g/mol. The minimum atomic E-state index is -3.74. The molecular formula is C76H74Ge3O7. The quantitative estimate of drug-likeness (QED) is 0.0492. The number of benzene rings is 10. The van der Waals surface area contributed by atoms with Gasteiger partial charge in [-0.1, -0.05) is 0 Å². The number of rotatable bonds is 22. The average molecular weight is 1320 g/mol. The van der Waals surface area contributed by atoms with Crippen molar-refractivity contribution in [2.45, 2.75) is 57.2 Å². The van der Waals surface area contributed by atoms with Gasteiger partial charge in [0.1, 0.15) is 0 Å². The number of carbonyl (C=O) groups excluding carboxylic acids is 4. The van der Waals surface area contributed by atoms with Gasteiger partial charge in [0.05, 0.1) is 0 Å². The molecule has 0 amide bonds. The van der Waals surface area contributed by atoms with Crippen molar-refractivity contribution >= 4 is 59.3 Å². The molecule has 0 saturated heterocycles. The molecule has 10 aromatic carbocycles. The maximum atomic E-state index is 16.5. The summed E-state index contributed by atoms with van der Waals surface area (Å²) in [5.41, 5.74) is 8.85. The summed E-state index contributed by atoms with van der Waals surface area (Å²) in [4.78, 5) is 52.5. The second-order valence-electron chi connectivity index (χ2n) is 21.1. The van der Waals surface area contributed by atoms with Crippen molar-refractivity contribution in [3.63, 3.8) is 0 Å². The molecule has 432 valence electrons. The van der Waals surface area contributed by atoms with E-state index in [1.165, 1.54) is 0 Å². The van der Waals surface area contributed by atoms with Crippen molar-refractivity contribution in [1.29, 1.82) is 0 Å². The van der Waals surface area contributed by atoms with Crippen LogP contribution < -0.4 is 9.47 Å². The normalized spacial score (nSPS) is 11.3. The molecule has 10 aromatic rings. The zero-order chi connectivity index (χ0) is 61.0. The third-order valence-corrected chi connectivity index (χ3v) is 43.2. The fourth-order valence-corrected chi connectivity index (χ4v) is 32.9. The van der Waals surface area contributed by atoms with Crippen LogP contribution in [0.2, 0.25) is 21.0 Å². The number of ether oxygens (including phenoxy) is 2. The van der Waals surface area contributed by atoms with Crippen molar-refractivity contribution in [2.75, 3.05) is 14.2 Å². The van der Waals surface area contributed by atoms with Gasteiger partial charge in [-0.05, 0) is 0 Å². The third kappa shape index (κ3) is 13.2. The van der Waals surface area contributed by atoms with E-state index in [9.17, 15) is 19.2 Å². The standard InChI is InChI=1S/C38H30GeO.C20H24GeO4.C18H20GeO2/c40-39(37(31-19-7-1-8-20-31,32-21-9-2-10-22-32)33-23-11-3-12-24-33)38(34-25-13-4-14-26-34,35-27-15-5-16-28-35)36-29-17-6-18-30-36;1-5-21(6-2,19(22)15-7-11-17(24-3)12-8-15)20(23)16-9-13-18(25-4)14-10-16;1-3-19(4-2,17(20)15-11-7-5-8-12-15)18(21)16-13-9-6-10-14-16/h1-30H;7-14H,5-6H2,1-4H3;5-14H,3-4H2,1-2H3. The molecule has 0 N–H and O–H groups in total. The molecule has 0 aromatic heterocycles. The number of methoxy groups -OCH3 is 2. The Morgan fingerprint density at radius 3 is 0.640 bits per heavy atom. The Labute approximate surface area is 517 Å². The molecule has 86 heavy (non-hydrogen) atoms. The molecule has 0 heterocycles. The van der Waals surface area contributed by atoms with Crippen molar-refractivity contribution in [3.05, 3.63) is 347 Å². The molecule has 0 radical (unpaired) electrons. The average Bonchev–Trinajstić information content (AvgIpc) is 0.738. The van der Waals surface area contributed by atoms with Gasteiger partial charge >= 0.3 is 521 Å². The van der Waals surface area contributed by atoms with Crippen LogP contribution in [0.15, 0.2) is 291 Å². The predicted octanol–water partition coefficient (Wildman–Crippen LogP) is 17.2. The zero-order valence-electron chi connectivity index (χ0n) is 49.9. The van der Waals surface area contributed by atoms with Crippen molar-refractivity contribution in [3.8, 4) is 11.5 Å². The summed E-state index contributed by atoms with van der Waals surface area (Å²) in [5.74, 6) is 1.40. The Morgan fingerprint density at radius 1 is 0.291 bits per heavy atom. The predicted molar refractivity (Wildman–Crippen MR) is 354 cm³/mol. The van der Waals surface area contributed by atoms with Gasteiger partial charge in [-0.25, -0.2) is 0 Å². The van der Waals surface area contributed by atoms with Gasteiger partial charge in [0.25, 0.3) is 0 Å². The molecule has 10 rings (SSSR count). The first-order valence-electron chi connectivity index (χ1n) is 29.4. The SMILES string of the molecule is C[CH2][Ge]([CH2]C)([C](=O)c1ccc(OC)cc1)[C](=O)c1ccc(OC)cc1.C[CH2][Ge]([CH2]C)([C](=O)c1ccccc1)[C](=O)c1ccccc1.[O]=[Ge]([C](c1ccccc1)(c1ccccc1)c1ccccc1)[C](c1ccccc1)(c1ccccc1)c1ccccc1. The third-order valence-electron chi connectivity index (χ3n) is 16.9. The number of carbonyl (C=O) groups is 4. The molecule has 0 unspecified atom stereocenters. The Bertz CT molecular complexity index is 3330. The molecule has 0 aliphatic rings. The first kappa shape index (κ1) is 63.9. The summed E-state index contributed by atoms with van der Waals surface area (Å²) in [6.07, 6.45) is 0. The number of hydrogen-bond acceptors (Lipinski definition) is 7. The van der Waals surface area contributed by atoms with E-state index in [0.29, 0.717) is 54.8 Å². The van der Waals surface area contributed by atoms with E-state index in [0.717, 1.165) is 33.4 Å². The van der Waals surface area contributed by atoms with E-state index in [1.807, 2.05) is 125 Å². The van der Waals surface area contributed by atoms with E-state index in [2.05, 4.69) is 146 Å². The van der Waals surface area contributed by atoms with Crippen LogP contribution >= 0.6 is 0 Å². The van der Waals surface area contributed by atoms with E-state index in [-0.39, 0.29) is 18.5 Å². The first-order valence-corrected chi connectivity index (χ1v) is 42.5. The van der Waals surface area contributed by atoms with E-state index in [1.54, 1.807) is 62.8 Å². The van der Waals surface area contributed by atoms with Gasteiger partial charge in [0.2, 0.25) is 0 Å².